The zero-order chi connectivity index (χ0) is 26.2. The molecule has 0 bridgehead atoms. The van der Waals surface area contributed by atoms with Gasteiger partial charge in [-0.3, -0.25) is 19.8 Å². The lowest BCUT2D eigenvalue weighted by Gasteiger charge is -2.29. The highest BCUT2D eigenvalue weighted by molar-refractivity contribution is 7.92. The third-order valence-corrected chi connectivity index (χ3v) is 6.87. The average molecular weight is 535 g/mol. The van der Waals surface area contributed by atoms with Crippen molar-refractivity contribution < 1.29 is 13.3 Å². The monoisotopic (exact) mass is 534 g/mol. The number of sulfonamides is 1. The molecular formula is C25H22N6O4S2. The van der Waals surface area contributed by atoms with Gasteiger partial charge in [-0.25, -0.2) is 8.42 Å². The Morgan fingerprint density at radius 1 is 1.03 bits per heavy atom. The Morgan fingerprint density at radius 2 is 1.81 bits per heavy atom. The number of pyridine rings is 1. The predicted octanol–water partition coefficient (Wildman–Crippen LogP) is 4.33. The lowest BCUT2D eigenvalue weighted by molar-refractivity contribution is -0.384. The van der Waals surface area contributed by atoms with E-state index in [-0.39, 0.29) is 17.8 Å². The molecule has 5 rings (SSSR count). The van der Waals surface area contributed by atoms with Crippen LogP contribution >= 0.6 is 12.2 Å². The Labute approximate surface area is 218 Å². The van der Waals surface area contributed by atoms with Gasteiger partial charge in [-0.1, -0.05) is 12.1 Å². The Bertz CT molecular complexity index is 1570. The Kier molecular flexibility index (Phi) is 6.36. The first-order valence-corrected chi connectivity index (χ1v) is 13.5. The average Bonchev–Trinajstić information content (AvgIpc) is 3.48. The number of nitro benzene ring substituents is 1. The zero-order valence-electron chi connectivity index (χ0n) is 19.6. The SMILES string of the molecule is CS(=O)(=O)Nc1ccc(N2C(=S)N[C@@H](c3ccccn3)[C@H]2c2cccn2-c2cccc([N+](=O)[O-])c2)cc1. The largest absolute Gasteiger partial charge is 0.351 e. The minimum atomic E-state index is -3.42. The van der Waals surface area contributed by atoms with Crippen LogP contribution in [0.2, 0.25) is 0 Å². The zero-order valence-corrected chi connectivity index (χ0v) is 21.2. The fourth-order valence-corrected chi connectivity index (χ4v) is 5.37. The number of rotatable bonds is 7. The third-order valence-electron chi connectivity index (χ3n) is 5.95. The molecule has 0 aliphatic carbocycles. The molecule has 0 radical (unpaired) electrons. The number of benzene rings is 2. The van der Waals surface area contributed by atoms with E-state index >= 15 is 0 Å². The van der Waals surface area contributed by atoms with Gasteiger partial charge in [0.05, 0.1) is 28.6 Å². The second-order valence-electron chi connectivity index (χ2n) is 8.50. The Hall–Kier alpha value is -4.29. The summed E-state index contributed by atoms with van der Waals surface area (Å²) >= 11 is 5.76. The van der Waals surface area contributed by atoms with Gasteiger partial charge in [-0.05, 0) is 66.8 Å². The summed E-state index contributed by atoms with van der Waals surface area (Å²) in [6.45, 7) is 0. The summed E-state index contributed by atoms with van der Waals surface area (Å²) in [6, 6.07) is 22.1. The molecule has 0 unspecified atom stereocenters. The van der Waals surface area contributed by atoms with Crippen molar-refractivity contribution in [1.82, 2.24) is 14.9 Å². The van der Waals surface area contributed by atoms with E-state index in [2.05, 4.69) is 15.0 Å². The van der Waals surface area contributed by atoms with Crippen molar-refractivity contribution in [2.75, 3.05) is 15.9 Å². The van der Waals surface area contributed by atoms with Gasteiger partial charge in [0.2, 0.25) is 10.0 Å². The van der Waals surface area contributed by atoms with Crippen molar-refractivity contribution in [1.29, 1.82) is 0 Å². The minimum Gasteiger partial charge on any atom is -0.351 e. The quantitative estimate of drug-likeness (QED) is 0.204. The summed E-state index contributed by atoms with van der Waals surface area (Å²) in [5.41, 5.74) is 3.42. The molecule has 2 aromatic heterocycles. The second-order valence-corrected chi connectivity index (χ2v) is 10.6. The number of hydrogen-bond donors (Lipinski definition) is 2. The van der Waals surface area contributed by atoms with E-state index in [4.69, 9.17) is 12.2 Å². The molecule has 0 amide bonds. The standard InChI is InChI=1S/C25H22N6O4S2/c1-37(34,35)28-17-10-12-18(13-11-17)30-24(23(27-25(30)36)21-8-2-3-14-26-21)22-9-5-15-29(22)19-6-4-7-20(16-19)31(32)33/h2-16,23-24,28H,1H3,(H,27,36)/t23-,24+/m0/s1. The van der Waals surface area contributed by atoms with E-state index in [1.807, 2.05) is 52.1 Å². The molecule has 1 saturated heterocycles. The van der Waals surface area contributed by atoms with Crippen LogP contribution in [0.5, 0.6) is 0 Å². The maximum atomic E-state index is 11.6. The van der Waals surface area contributed by atoms with E-state index < -0.39 is 14.9 Å². The van der Waals surface area contributed by atoms with Gasteiger partial charge >= 0.3 is 0 Å². The number of thiocarbonyl (C=S) groups is 1. The van der Waals surface area contributed by atoms with E-state index in [0.717, 1.165) is 23.3 Å². The molecule has 2 aromatic carbocycles. The van der Waals surface area contributed by atoms with E-state index in [9.17, 15) is 18.5 Å². The third kappa shape index (κ3) is 5.01. The van der Waals surface area contributed by atoms with Crippen LogP contribution in [0.4, 0.5) is 17.1 Å². The number of nitrogens with one attached hydrogen (secondary N) is 2. The van der Waals surface area contributed by atoms with Gasteiger partial charge < -0.3 is 14.8 Å². The Morgan fingerprint density at radius 3 is 2.49 bits per heavy atom. The fraction of sp³-hybridized carbons (Fsp3) is 0.120. The highest BCUT2D eigenvalue weighted by Crippen LogP contribution is 2.42. The number of anilines is 2. The normalized spacial score (nSPS) is 17.4. The van der Waals surface area contributed by atoms with Crippen molar-refractivity contribution in [3.63, 3.8) is 0 Å². The molecule has 1 fully saturated rings. The number of nitrogens with zero attached hydrogens (tertiary/aromatic N) is 4. The first kappa shape index (κ1) is 24.4. The molecule has 4 aromatic rings. The van der Waals surface area contributed by atoms with Crippen LogP contribution < -0.4 is 14.9 Å². The van der Waals surface area contributed by atoms with E-state index in [1.165, 1.54) is 12.1 Å². The van der Waals surface area contributed by atoms with Crippen LogP contribution in [-0.2, 0) is 10.0 Å². The van der Waals surface area contributed by atoms with Crippen molar-refractivity contribution in [2.24, 2.45) is 0 Å². The first-order chi connectivity index (χ1) is 17.7. The highest BCUT2D eigenvalue weighted by atomic mass is 32.2. The summed E-state index contributed by atoms with van der Waals surface area (Å²) in [4.78, 5) is 17.5. The van der Waals surface area contributed by atoms with Crippen LogP contribution in [0.1, 0.15) is 23.5 Å². The molecule has 0 saturated carbocycles. The molecule has 2 N–H and O–H groups in total. The minimum absolute atomic E-state index is 0.00989. The maximum Gasteiger partial charge on any atom is 0.271 e. The summed E-state index contributed by atoms with van der Waals surface area (Å²) in [5, 5.41) is 15.3. The summed E-state index contributed by atoms with van der Waals surface area (Å²) < 4.78 is 27.6. The molecule has 37 heavy (non-hydrogen) atoms. The molecule has 1 aliphatic heterocycles. The smallest absolute Gasteiger partial charge is 0.271 e. The molecule has 188 valence electrons. The van der Waals surface area contributed by atoms with Crippen molar-refractivity contribution in [3.8, 4) is 5.69 Å². The van der Waals surface area contributed by atoms with Gasteiger partial charge in [0.25, 0.3) is 5.69 Å². The van der Waals surface area contributed by atoms with Gasteiger partial charge in [0, 0.05) is 41.6 Å². The van der Waals surface area contributed by atoms with Crippen LogP contribution in [-0.4, -0.2) is 34.3 Å². The van der Waals surface area contributed by atoms with Crippen LogP contribution in [0.25, 0.3) is 5.69 Å². The van der Waals surface area contributed by atoms with Crippen molar-refractivity contribution in [2.45, 2.75) is 12.1 Å². The van der Waals surface area contributed by atoms with Crippen LogP contribution in [0.3, 0.4) is 0 Å². The highest BCUT2D eigenvalue weighted by Gasteiger charge is 2.42. The lowest BCUT2D eigenvalue weighted by atomic mass is 10.0. The molecule has 1 aliphatic rings. The first-order valence-electron chi connectivity index (χ1n) is 11.2. The molecule has 10 nitrogen and oxygen atoms in total. The number of aromatic nitrogens is 2. The molecule has 3 heterocycles. The lowest BCUT2D eigenvalue weighted by Crippen LogP contribution is -2.30. The van der Waals surface area contributed by atoms with Crippen LogP contribution in [0.15, 0.2) is 91.3 Å². The van der Waals surface area contributed by atoms with Crippen molar-refractivity contribution in [3.05, 3.63) is 113 Å². The molecule has 0 spiro atoms. The van der Waals surface area contributed by atoms with Crippen molar-refractivity contribution >= 4 is 44.4 Å². The number of nitro groups is 1. The Balaban J connectivity index is 1.61. The predicted molar refractivity (Wildman–Crippen MR) is 145 cm³/mol. The molecule has 12 heteroatoms. The molecule has 2 atom stereocenters. The number of hydrogen-bond acceptors (Lipinski definition) is 6. The van der Waals surface area contributed by atoms with E-state index in [0.29, 0.717) is 16.5 Å². The van der Waals surface area contributed by atoms with Crippen LogP contribution in [0, 0.1) is 10.1 Å². The van der Waals surface area contributed by atoms with E-state index in [1.54, 1.807) is 36.5 Å². The van der Waals surface area contributed by atoms with Gasteiger partial charge in [-0.15, -0.1) is 0 Å². The number of non-ortho nitro benzene ring substituents is 1. The van der Waals surface area contributed by atoms with Gasteiger partial charge in [0.1, 0.15) is 6.04 Å². The summed E-state index contributed by atoms with van der Waals surface area (Å²) in [7, 11) is -3.42. The molecular weight excluding hydrogens is 512 g/mol. The van der Waals surface area contributed by atoms with Gasteiger partial charge in [0.15, 0.2) is 5.11 Å². The summed E-state index contributed by atoms with van der Waals surface area (Å²) in [5.74, 6) is 0. The maximum absolute atomic E-state index is 11.6. The topological polar surface area (TPSA) is 122 Å². The fourth-order valence-electron chi connectivity index (χ4n) is 4.46. The second kappa shape index (κ2) is 9.64. The summed E-state index contributed by atoms with van der Waals surface area (Å²) in [6.07, 6.45) is 4.66. The van der Waals surface area contributed by atoms with Gasteiger partial charge in [-0.2, -0.15) is 0 Å².